The molecule has 0 aliphatic carbocycles. The zero-order chi connectivity index (χ0) is 23.1. The number of carbonyl (C=O) groups is 2. The van der Waals surface area contributed by atoms with Crippen molar-refractivity contribution in [3.05, 3.63) is 95.1 Å². The number of hydrogen-bond donors (Lipinski definition) is 2. The second-order valence-corrected chi connectivity index (χ2v) is 7.96. The number of hydrogen-bond acceptors (Lipinski definition) is 4. The van der Waals surface area contributed by atoms with Crippen LogP contribution in [0.5, 0.6) is 0 Å². The average molecular weight is 431 g/mol. The Kier molecular flexibility index (Phi) is 7.63. The van der Waals surface area contributed by atoms with Crippen LogP contribution < -0.4 is 16.0 Å². The van der Waals surface area contributed by atoms with Crippen LogP contribution in [0.2, 0.25) is 0 Å². The molecule has 3 rings (SSSR count). The lowest BCUT2D eigenvalue weighted by Gasteiger charge is -2.25. The maximum Gasteiger partial charge on any atom is 0.254 e. The second kappa shape index (κ2) is 10.6. The summed E-state index contributed by atoms with van der Waals surface area (Å²) >= 11 is 0. The Morgan fingerprint density at radius 2 is 1.56 bits per heavy atom. The molecular formula is C26H30N4O2. The Balaban J connectivity index is 1.93. The van der Waals surface area contributed by atoms with Gasteiger partial charge in [-0.1, -0.05) is 42.5 Å². The van der Waals surface area contributed by atoms with Gasteiger partial charge in [-0.05, 0) is 47.0 Å². The fraction of sp³-hybridized carbons (Fsp3) is 0.231. The van der Waals surface area contributed by atoms with Crippen LogP contribution in [0.3, 0.4) is 0 Å². The first-order chi connectivity index (χ1) is 15.4. The largest absolute Gasteiger partial charge is 0.378 e. The molecule has 3 aromatic carbocycles. The van der Waals surface area contributed by atoms with Crippen molar-refractivity contribution in [2.24, 2.45) is 5.73 Å². The van der Waals surface area contributed by atoms with E-state index in [-0.39, 0.29) is 11.8 Å². The molecule has 0 unspecified atom stereocenters. The molecule has 166 valence electrons. The third-order valence-electron chi connectivity index (χ3n) is 5.21. The molecule has 3 aromatic rings. The molecule has 6 heteroatoms. The summed E-state index contributed by atoms with van der Waals surface area (Å²) in [5, 5.41) is 2.86. The van der Waals surface area contributed by atoms with Crippen molar-refractivity contribution in [3.63, 3.8) is 0 Å². The SMILES string of the molecule is CC(=O)Nc1ccccc1CN(Cc1cccc(CN)c1)C(=O)c1ccc(N(C)C)cc1. The first-order valence-corrected chi connectivity index (χ1v) is 10.6. The smallest absolute Gasteiger partial charge is 0.254 e. The second-order valence-electron chi connectivity index (χ2n) is 7.96. The number of para-hydroxylation sites is 1. The van der Waals surface area contributed by atoms with E-state index in [0.717, 1.165) is 22.4 Å². The third kappa shape index (κ3) is 5.95. The molecule has 0 saturated heterocycles. The van der Waals surface area contributed by atoms with E-state index in [4.69, 9.17) is 5.73 Å². The Morgan fingerprint density at radius 3 is 2.22 bits per heavy atom. The van der Waals surface area contributed by atoms with Gasteiger partial charge in [-0.3, -0.25) is 9.59 Å². The van der Waals surface area contributed by atoms with Gasteiger partial charge in [-0.2, -0.15) is 0 Å². The highest BCUT2D eigenvalue weighted by Crippen LogP contribution is 2.22. The van der Waals surface area contributed by atoms with E-state index >= 15 is 0 Å². The number of nitrogens with one attached hydrogen (secondary N) is 1. The number of amides is 2. The fourth-order valence-electron chi connectivity index (χ4n) is 3.53. The summed E-state index contributed by atoms with van der Waals surface area (Å²) in [5.74, 6) is -0.226. The summed E-state index contributed by atoms with van der Waals surface area (Å²) in [7, 11) is 3.93. The van der Waals surface area contributed by atoms with Crippen molar-refractivity contribution in [2.75, 3.05) is 24.3 Å². The van der Waals surface area contributed by atoms with E-state index < -0.39 is 0 Å². The third-order valence-corrected chi connectivity index (χ3v) is 5.21. The van der Waals surface area contributed by atoms with Crippen LogP contribution in [0.4, 0.5) is 11.4 Å². The molecule has 0 radical (unpaired) electrons. The molecule has 0 fully saturated rings. The minimum absolute atomic E-state index is 0.0777. The van der Waals surface area contributed by atoms with Crippen LogP contribution >= 0.6 is 0 Å². The molecule has 0 saturated carbocycles. The molecule has 3 N–H and O–H groups in total. The first kappa shape index (κ1) is 23.0. The first-order valence-electron chi connectivity index (χ1n) is 10.6. The van der Waals surface area contributed by atoms with Gasteiger partial charge in [0.2, 0.25) is 5.91 Å². The van der Waals surface area contributed by atoms with Gasteiger partial charge in [0, 0.05) is 57.6 Å². The molecule has 0 spiro atoms. The zero-order valence-electron chi connectivity index (χ0n) is 18.8. The van der Waals surface area contributed by atoms with Gasteiger partial charge in [0.15, 0.2) is 0 Å². The fourth-order valence-corrected chi connectivity index (χ4v) is 3.53. The van der Waals surface area contributed by atoms with Crippen molar-refractivity contribution < 1.29 is 9.59 Å². The standard InChI is InChI=1S/C26H30N4O2/c1-19(31)28-25-10-5-4-9-23(25)18-30(17-21-8-6-7-20(15-21)16-27)26(32)22-11-13-24(14-12-22)29(2)3/h4-15H,16-18,27H2,1-3H3,(H,28,31). The Morgan fingerprint density at radius 1 is 0.875 bits per heavy atom. The molecule has 32 heavy (non-hydrogen) atoms. The van der Waals surface area contributed by atoms with Crippen LogP contribution in [0.15, 0.2) is 72.8 Å². The highest BCUT2D eigenvalue weighted by atomic mass is 16.2. The molecule has 0 aliphatic rings. The van der Waals surface area contributed by atoms with E-state index in [9.17, 15) is 9.59 Å². The van der Waals surface area contributed by atoms with Gasteiger partial charge in [0.05, 0.1) is 0 Å². The number of nitrogens with two attached hydrogens (primary N) is 1. The maximum absolute atomic E-state index is 13.5. The lowest BCUT2D eigenvalue weighted by molar-refractivity contribution is -0.114. The van der Waals surface area contributed by atoms with Crippen LogP contribution in [0, 0.1) is 0 Å². The maximum atomic E-state index is 13.5. The van der Waals surface area contributed by atoms with Gasteiger partial charge in [-0.15, -0.1) is 0 Å². The predicted molar refractivity (Wildman–Crippen MR) is 129 cm³/mol. The Bertz CT molecular complexity index is 1080. The zero-order valence-corrected chi connectivity index (χ0v) is 18.8. The summed E-state index contributed by atoms with van der Waals surface area (Å²) in [6.07, 6.45) is 0. The van der Waals surface area contributed by atoms with Crippen LogP contribution in [-0.4, -0.2) is 30.8 Å². The summed E-state index contributed by atoms with van der Waals surface area (Å²) in [5.41, 5.74) is 11.0. The molecule has 0 aliphatic heterocycles. The normalized spacial score (nSPS) is 10.5. The van der Waals surface area contributed by atoms with Gasteiger partial charge < -0.3 is 20.9 Å². The summed E-state index contributed by atoms with van der Waals surface area (Å²) in [4.78, 5) is 29.0. The average Bonchev–Trinajstić information content (AvgIpc) is 2.79. The summed E-state index contributed by atoms with van der Waals surface area (Å²) < 4.78 is 0. The Hall–Kier alpha value is -3.64. The number of carbonyl (C=O) groups excluding carboxylic acids is 2. The van der Waals surface area contributed by atoms with Crippen molar-refractivity contribution in [1.82, 2.24) is 4.90 Å². The Labute approximate surface area is 189 Å². The van der Waals surface area contributed by atoms with Crippen molar-refractivity contribution in [1.29, 1.82) is 0 Å². The number of benzene rings is 3. The van der Waals surface area contributed by atoms with Crippen molar-refractivity contribution in [2.45, 2.75) is 26.6 Å². The van der Waals surface area contributed by atoms with E-state index in [1.54, 1.807) is 4.90 Å². The number of anilines is 2. The van der Waals surface area contributed by atoms with Crippen LogP contribution in [0.1, 0.15) is 34.0 Å². The highest BCUT2D eigenvalue weighted by Gasteiger charge is 2.19. The monoisotopic (exact) mass is 430 g/mol. The van der Waals surface area contributed by atoms with E-state index in [1.165, 1.54) is 6.92 Å². The summed E-state index contributed by atoms with van der Waals surface area (Å²) in [6, 6.07) is 23.1. The van der Waals surface area contributed by atoms with Crippen molar-refractivity contribution in [3.8, 4) is 0 Å². The molecule has 0 heterocycles. The van der Waals surface area contributed by atoms with Gasteiger partial charge in [-0.25, -0.2) is 0 Å². The van der Waals surface area contributed by atoms with E-state index in [2.05, 4.69) is 5.32 Å². The number of nitrogens with zero attached hydrogens (tertiary/aromatic N) is 2. The van der Waals surface area contributed by atoms with E-state index in [1.807, 2.05) is 91.8 Å². The summed E-state index contributed by atoms with van der Waals surface area (Å²) in [6.45, 7) is 2.71. The van der Waals surface area contributed by atoms with Gasteiger partial charge in [0.25, 0.3) is 5.91 Å². The topological polar surface area (TPSA) is 78.7 Å². The van der Waals surface area contributed by atoms with Gasteiger partial charge >= 0.3 is 0 Å². The molecular weight excluding hydrogens is 400 g/mol. The molecule has 2 amide bonds. The van der Waals surface area contributed by atoms with Crippen molar-refractivity contribution >= 4 is 23.2 Å². The molecule has 0 bridgehead atoms. The van der Waals surface area contributed by atoms with Gasteiger partial charge in [0.1, 0.15) is 0 Å². The lowest BCUT2D eigenvalue weighted by atomic mass is 10.1. The van der Waals surface area contributed by atoms with Crippen LogP contribution in [-0.2, 0) is 24.4 Å². The quantitative estimate of drug-likeness (QED) is 0.566. The predicted octanol–water partition coefficient (Wildman–Crippen LogP) is 4.01. The molecule has 6 nitrogen and oxygen atoms in total. The molecule has 0 atom stereocenters. The minimum Gasteiger partial charge on any atom is -0.378 e. The minimum atomic E-state index is -0.148. The lowest BCUT2D eigenvalue weighted by Crippen LogP contribution is -2.30. The van der Waals surface area contributed by atoms with E-state index in [0.29, 0.717) is 30.9 Å². The molecule has 0 aromatic heterocycles. The highest BCUT2D eigenvalue weighted by molar-refractivity contribution is 5.95. The number of rotatable bonds is 8. The van der Waals surface area contributed by atoms with Crippen LogP contribution in [0.25, 0.3) is 0 Å².